The standard InChI is InChI=1S/C19H22N2O3S/c1-23-15-5-2-4-14(12-15)7-10-20-18(22)17-6-3-9-21-19(17)24-16-8-11-25-13-16/h2-6,9,12,16H,7-8,10-11,13H2,1H3,(H,20,22). The molecule has 6 heteroatoms. The Balaban J connectivity index is 1.57. The number of carbonyl (C=O) groups is 1. The van der Waals surface area contributed by atoms with Crippen LogP contribution in [0.25, 0.3) is 0 Å². The molecule has 25 heavy (non-hydrogen) atoms. The summed E-state index contributed by atoms with van der Waals surface area (Å²) in [6.07, 6.45) is 3.53. The summed E-state index contributed by atoms with van der Waals surface area (Å²) >= 11 is 1.87. The molecule has 2 aromatic rings. The molecule has 0 spiro atoms. The second-order valence-electron chi connectivity index (χ2n) is 5.82. The van der Waals surface area contributed by atoms with Crippen molar-refractivity contribution in [2.24, 2.45) is 0 Å². The average Bonchev–Trinajstić information content (AvgIpc) is 3.15. The first-order valence-corrected chi connectivity index (χ1v) is 9.52. The van der Waals surface area contributed by atoms with Gasteiger partial charge in [-0.25, -0.2) is 4.98 Å². The molecule has 1 N–H and O–H groups in total. The third-order valence-electron chi connectivity index (χ3n) is 4.02. The number of thioether (sulfide) groups is 1. The molecule has 1 fully saturated rings. The highest BCUT2D eigenvalue weighted by Gasteiger charge is 2.21. The average molecular weight is 358 g/mol. The van der Waals surface area contributed by atoms with Gasteiger partial charge < -0.3 is 14.8 Å². The van der Waals surface area contributed by atoms with Gasteiger partial charge in [0.2, 0.25) is 5.88 Å². The van der Waals surface area contributed by atoms with Crippen LogP contribution in [0.1, 0.15) is 22.3 Å². The summed E-state index contributed by atoms with van der Waals surface area (Å²) in [5.74, 6) is 3.14. The number of ether oxygens (including phenoxy) is 2. The van der Waals surface area contributed by atoms with E-state index in [1.54, 1.807) is 25.4 Å². The number of hydrogen-bond donors (Lipinski definition) is 1. The van der Waals surface area contributed by atoms with Crippen LogP contribution in [0, 0.1) is 0 Å². The van der Waals surface area contributed by atoms with Crippen molar-refractivity contribution in [3.05, 3.63) is 53.7 Å². The van der Waals surface area contributed by atoms with Crippen molar-refractivity contribution < 1.29 is 14.3 Å². The molecule has 1 amide bonds. The minimum Gasteiger partial charge on any atom is -0.497 e. The van der Waals surface area contributed by atoms with Crippen LogP contribution in [-0.2, 0) is 6.42 Å². The van der Waals surface area contributed by atoms with Crippen LogP contribution in [0.4, 0.5) is 0 Å². The molecule has 1 saturated heterocycles. The van der Waals surface area contributed by atoms with Gasteiger partial charge in [-0.1, -0.05) is 12.1 Å². The number of hydrogen-bond acceptors (Lipinski definition) is 5. The summed E-state index contributed by atoms with van der Waals surface area (Å²) in [6.45, 7) is 0.541. The van der Waals surface area contributed by atoms with E-state index in [2.05, 4.69) is 10.3 Å². The van der Waals surface area contributed by atoms with Crippen LogP contribution in [0.5, 0.6) is 11.6 Å². The molecule has 1 atom stereocenters. The summed E-state index contributed by atoms with van der Waals surface area (Å²) < 4.78 is 11.1. The predicted molar refractivity (Wildman–Crippen MR) is 99.6 cm³/mol. The molecule has 0 saturated carbocycles. The molecule has 132 valence electrons. The number of rotatable bonds is 7. The second kappa shape index (κ2) is 8.76. The van der Waals surface area contributed by atoms with Gasteiger partial charge in [0.1, 0.15) is 17.4 Å². The Kier molecular flexibility index (Phi) is 6.17. The molecule has 1 aromatic carbocycles. The van der Waals surface area contributed by atoms with E-state index in [1.165, 1.54) is 0 Å². The Morgan fingerprint density at radius 2 is 2.28 bits per heavy atom. The highest BCUT2D eigenvalue weighted by atomic mass is 32.2. The summed E-state index contributed by atoms with van der Waals surface area (Å²) in [5, 5.41) is 2.95. The van der Waals surface area contributed by atoms with Gasteiger partial charge in [-0.3, -0.25) is 4.79 Å². The maximum atomic E-state index is 12.5. The summed E-state index contributed by atoms with van der Waals surface area (Å²) in [6, 6.07) is 11.4. The van der Waals surface area contributed by atoms with E-state index in [9.17, 15) is 4.79 Å². The minimum absolute atomic E-state index is 0.142. The maximum Gasteiger partial charge on any atom is 0.256 e. The fourth-order valence-electron chi connectivity index (χ4n) is 2.66. The van der Waals surface area contributed by atoms with Gasteiger partial charge in [-0.05, 0) is 48.4 Å². The largest absolute Gasteiger partial charge is 0.497 e. The summed E-state index contributed by atoms with van der Waals surface area (Å²) in [4.78, 5) is 16.7. The molecule has 2 heterocycles. The van der Waals surface area contributed by atoms with Gasteiger partial charge in [0.15, 0.2) is 0 Å². The van der Waals surface area contributed by atoms with Crippen molar-refractivity contribution in [1.29, 1.82) is 0 Å². The molecule has 0 aliphatic carbocycles. The Bertz CT molecular complexity index is 717. The Morgan fingerprint density at radius 3 is 3.08 bits per heavy atom. The van der Waals surface area contributed by atoms with Crippen LogP contribution >= 0.6 is 11.8 Å². The first-order valence-electron chi connectivity index (χ1n) is 8.37. The van der Waals surface area contributed by atoms with Crippen LogP contribution in [0.15, 0.2) is 42.6 Å². The van der Waals surface area contributed by atoms with E-state index < -0.39 is 0 Å². The van der Waals surface area contributed by atoms with Crippen molar-refractivity contribution in [1.82, 2.24) is 10.3 Å². The van der Waals surface area contributed by atoms with E-state index in [4.69, 9.17) is 9.47 Å². The number of pyridine rings is 1. The third-order valence-corrected chi connectivity index (χ3v) is 5.15. The second-order valence-corrected chi connectivity index (χ2v) is 6.97. The molecular weight excluding hydrogens is 336 g/mol. The van der Waals surface area contributed by atoms with Gasteiger partial charge >= 0.3 is 0 Å². The first-order chi connectivity index (χ1) is 12.3. The fraction of sp³-hybridized carbons (Fsp3) is 0.368. The highest BCUT2D eigenvalue weighted by Crippen LogP contribution is 2.24. The van der Waals surface area contributed by atoms with Crippen molar-refractivity contribution >= 4 is 17.7 Å². The van der Waals surface area contributed by atoms with Crippen LogP contribution < -0.4 is 14.8 Å². The molecule has 3 rings (SSSR count). The van der Waals surface area contributed by atoms with Crippen molar-refractivity contribution in [3.8, 4) is 11.6 Å². The van der Waals surface area contributed by atoms with E-state index in [0.717, 1.165) is 35.7 Å². The van der Waals surface area contributed by atoms with E-state index >= 15 is 0 Å². The maximum absolute atomic E-state index is 12.5. The number of benzene rings is 1. The Labute approximate surface area is 152 Å². The molecule has 0 bridgehead atoms. The molecule has 1 aliphatic heterocycles. The lowest BCUT2D eigenvalue weighted by molar-refractivity contribution is 0.0946. The first kappa shape index (κ1) is 17.6. The molecule has 1 unspecified atom stereocenters. The zero-order valence-corrected chi connectivity index (χ0v) is 15.1. The Morgan fingerprint density at radius 1 is 1.36 bits per heavy atom. The quantitative estimate of drug-likeness (QED) is 0.825. The zero-order chi connectivity index (χ0) is 17.5. The van der Waals surface area contributed by atoms with Crippen LogP contribution in [-0.4, -0.2) is 42.2 Å². The molecule has 5 nitrogen and oxygen atoms in total. The van der Waals surface area contributed by atoms with Gasteiger partial charge in [0.05, 0.1) is 7.11 Å². The number of methoxy groups -OCH3 is 1. The van der Waals surface area contributed by atoms with Crippen LogP contribution in [0.3, 0.4) is 0 Å². The molecule has 1 aromatic heterocycles. The lowest BCUT2D eigenvalue weighted by Crippen LogP contribution is -2.27. The predicted octanol–water partition coefficient (Wildman–Crippen LogP) is 2.95. The SMILES string of the molecule is COc1cccc(CCNC(=O)c2cccnc2OC2CCSC2)c1. The highest BCUT2D eigenvalue weighted by molar-refractivity contribution is 7.99. The minimum atomic E-state index is -0.156. The molecule has 1 aliphatic rings. The number of carbonyl (C=O) groups excluding carboxylic acids is 1. The normalized spacial score (nSPS) is 16.4. The van der Waals surface area contributed by atoms with Crippen molar-refractivity contribution in [2.75, 3.05) is 25.2 Å². The monoisotopic (exact) mass is 358 g/mol. The van der Waals surface area contributed by atoms with Crippen molar-refractivity contribution in [3.63, 3.8) is 0 Å². The van der Waals surface area contributed by atoms with E-state index in [0.29, 0.717) is 18.0 Å². The molecular formula is C19H22N2O3S. The van der Waals surface area contributed by atoms with Gasteiger partial charge in [0, 0.05) is 18.5 Å². The number of amides is 1. The fourth-order valence-corrected chi connectivity index (χ4v) is 3.76. The summed E-state index contributed by atoms with van der Waals surface area (Å²) in [5.41, 5.74) is 1.61. The Hall–Kier alpha value is -2.21. The van der Waals surface area contributed by atoms with Crippen molar-refractivity contribution in [2.45, 2.75) is 18.9 Å². The smallest absolute Gasteiger partial charge is 0.256 e. The number of nitrogens with zero attached hydrogens (tertiary/aromatic N) is 1. The van der Waals surface area contributed by atoms with Gasteiger partial charge in [-0.15, -0.1) is 0 Å². The number of aromatic nitrogens is 1. The number of nitrogens with one attached hydrogen (secondary N) is 1. The lowest BCUT2D eigenvalue weighted by atomic mass is 10.1. The molecule has 0 radical (unpaired) electrons. The summed E-state index contributed by atoms with van der Waals surface area (Å²) in [7, 11) is 1.65. The van der Waals surface area contributed by atoms with Crippen LogP contribution in [0.2, 0.25) is 0 Å². The third kappa shape index (κ3) is 4.89. The van der Waals surface area contributed by atoms with Gasteiger partial charge in [-0.2, -0.15) is 11.8 Å². The topological polar surface area (TPSA) is 60.5 Å². The zero-order valence-electron chi connectivity index (χ0n) is 14.2. The van der Waals surface area contributed by atoms with E-state index in [1.807, 2.05) is 36.0 Å². The van der Waals surface area contributed by atoms with Gasteiger partial charge in [0.25, 0.3) is 5.91 Å². The lowest BCUT2D eigenvalue weighted by Gasteiger charge is -2.14. The van der Waals surface area contributed by atoms with E-state index in [-0.39, 0.29) is 12.0 Å².